The number of unbranched alkanes of at least 4 members (excludes halogenated alkanes) is 9. The van der Waals surface area contributed by atoms with Crippen LogP contribution in [-0.2, 0) is 34.6 Å². The Morgan fingerprint density at radius 3 is 1.50 bits per heavy atom. The predicted molar refractivity (Wildman–Crippen MR) is 101 cm³/mol. The molecular formula is C16H30O10S2. The summed E-state index contributed by atoms with van der Waals surface area (Å²) >= 11 is 0. The highest BCUT2D eigenvalue weighted by molar-refractivity contribution is 7.91. The second kappa shape index (κ2) is 13.1. The van der Waals surface area contributed by atoms with Crippen molar-refractivity contribution in [3.63, 3.8) is 0 Å². The first-order valence-corrected chi connectivity index (χ1v) is 12.3. The van der Waals surface area contributed by atoms with E-state index >= 15 is 0 Å². The second-order valence-electron chi connectivity index (χ2n) is 6.56. The number of esters is 1. The fourth-order valence-electron chi connectivity index (χ4n) is 2.66. The number of hydrogen-bond acceptors (Lipinski definition) is 7. The van der Waals surface area contributed by atoms with Crippen LogP contribution >= 0.6 is 0 Å². The average molecular weight is 447 g/mol. The van der Waals surface area contributed by atoms with Crippen molar-refractivity contribution in [3.8, 4) is 0 Å². The summed E-state index contributed by atoms with van der Waals surface area (Å²) in [6.45, 7) is 1.88. The normalized spacial score (nSPS) is 14.4. The summed E-state index contributed by atoms with van der Waals surface area (Å²) in [6, 6.07) is 0. The van der Waals surface area contributed by atoms with Gasteiger partial charge in [-0.05, 0) is 6.42 Å². The van der Waals surface area contributed by atoms with Gasteiger partial charge in [0.15, 0.2) is 0 Å². The van der Waals surface area contributed by atoms with Crippen molar-refractivity contribution in [1.29, 1.82) is 0 Å². The van der Waals surface area contributed by atoms with Gasteiger partial charge in [0.1, 0.15) is 0 Å². The van der Waals surface area contributed by atoms with Crippen molar-refractivity contribution in [2.75, 3.05) is 6.61 Å². The summed E-state index contributed by atoms with van der Waals surface area (Å²) in [5.41, 5.74) is 0. The van der Waals surface area contributed by atoms with Crippen molar-refractivity contribution in [2.24, 2.45) is 0 Å². The molecule has 0 saturated heterocycles. The lowest BCUT2D eigenvalue weighted by atomic mass is 10.1. The number of carbonyl (C=O) groups is 2. The van der Waals surface area contributed by atoms with Gasteiger partial charge in [0.2, 0.25) is 10.5 Å². The Balaban J connectivity index is 4.41. The molecule has 0 amide bonds. The molecule has 0 saturated carbocycles. The first-order chi connectivity index (χ1) is 12.9. The molecule has 0 radical (unpaired) electrons. The molecule has 0 aromatic heterocycles. The largest absolute Gasteiger partial charge is 0.480 e. The minimum absolute atomic E-state index is 0.265. The lowest BCUT2D eigenvalue weighted by molar-refractivity contribution is -0.147. The zero-order valence-corrected chi connectivity index (χ0v) is 17.6. The predicted octanol–water partition coefficient (Wildman–Crippen LogP) is 2.05. The van der Waals surface area contributed by atoms with E-state index < -0.39 is 42.7 Å². The van der Waals surface area contributed by atoms with E-state index in [0.29, 0.717) is 12.8 Å². The summed E-state index contributed by atoms with van der Waals surface area (Å²) in [4.78, 5) is 22.8. The molecule has 0 heterocycles. The molecule has 166 valence electrons. The van der Waals surface area contributed by atoms with Gasteiger partial charge in [-0.2, -0.15) is 16.8 Å². The number of rotatable bonds is 16. The van der Waals surface area contributed by atoms with Crippen LogP contribution in [0.15, 0.2) is 0 Å². The van der Waals surface area contributed by atoms with Crippen LogP contribution in [0.5, 0.6) is 0 Å². The third-order valence-corrected chi connectivity index (χ3v) is 6.53. The second-order valence-corrected chi connectivity index (χ2v) is 9.63. The highest BCUT2D eigenvalue weighted by atomic mass is 32.2. The summed E-state index contributed by atoms with van der Waals surface area (Å²) < 4.78 is 67.3. The molecule has 0 aliphatic carbocycles. The van der Waals surface area contributed by atoms with Crippen LogP contribution in [0.4, 0.5) is 0 Å². The SMILES string of the molecule is CCCCCCCCCCCCOC(=O)C(C(C(=O)O)S(=O)(=O)O)S(=O)(=O)O. The average Bonchev–Trinajstić information content (AvgIpc) is 2.54. The smallest absolute Gasteiger partial charge is 0.328 e. The lowest BCUT2D eigenvalue weighted by Crippen LogP contribution is -2.50. The number of carbonyl (C=O) groups excluding carboxylic acids is 1. The Bertz CT molecular complexity index is 684. The maximum Gasteiger partial charge on any atom is 0.328 e. The molecule has 0 aromatic carbocycles. The molecular weight excluding hydrogens is 416 g/mol. The molecule has 2 atom stereocenters. The van der Waals surface area contributed by atoms with Crippen LogP contribution in [0.25, 0.3) is 0 Å². The Labute approximate surface area is 166 Å². The van der Waals surface area contributed by atoms with Gasteiger partial charge in [0, 0.05) is 0 Å². The fraction of sp³-hybridized carbons (Fsp3) is 0.875. The monoisotopic (exact) mass is 446 g/mol. The van der Waals surface area contributed by atoms with Gasteiger partial charge in [-0.3, -0.25) is 18.7 Å². The summed E-state index contributed by atoms with van der Waals surface area (Å²) in [6.07, 6.45) is 9.99. The van der Waals surface area contributed by atoms with E-state index in [0.717, 1.165) is 25.7 Å². The molecule has 0 aliphatic heterocycles. The van der Waals surface area contributed by atoms with Crippen molar-refractivity contribution in [3.05, 3.63) is 0 Å². The minimum Gasteiger partial charge on any atom is -0.480 e. The Kier molecular flexibility index (Phi) is 12.5. The first-order valence-electron chi connectivity index (χ1n) is 9.25. The molecule has 0 bridgehead atoms. The molecule has 12 heteroatoms. The molecule has 0 aliphatic rings. The van der Waals surface area contributed by atoms with E-state index in [2.05, 4.69) is 11.7 Å². The Morgan fingerprint density at radius 1 is 0.750 bits per heavy atom. The third kappa shape index (κ3) is 10.9. The molecule has 0 spiro atoms. The van der Waals surface area contributed by atoms with Crippen molar-refractivity contribution in [2.45, 2.75) is 81.6 Å². The summed E-state index contributed by atoms with van der Waals surface area (Å²) in [5, 5.41) is 2.78. The maximum atomic E-state index is 11.8. The quantitative estimate of drug-likeness (QED) is 0.181. The summed E-state index contributed by atoms with van der Waals surface area (Å²) in [5.74, 6) is -4.05. The lowest BCUT2D eigenvalue weighted by Gasteiger charge is -2.17. The highest BCUT2D eigenvalue weighted by Crippen LogP contribution is 2.16. The van der Waals surface area contributed by atoms with Gasteiger partial charge >= 0.3 is 11.9 Å². The van der Waals surface area contributed by atoms with Crippen LogP contribution in [0, 0.1) is 0 Å². The van der Waals surface area contributed by atoms with E-state index in [-0.39, 0.29) is 6.61 Å². The van der Waals surface area contributed by atoms with E-state index in [4.69, 9.17) is 14.2 Å². The third-order valence-electron chi connectivity index (χ3n) is 4.13. The van der Waals surface area contributed by atoms with Gasteiger partial charge in [0.05, 0.1) is 6.61 Å². The minimum atomic E-state index is -5.49. The number of carboxylic acid groups (broad SMARTS) is 1. The van der Waals surface area contributed by atoms with Crippen LogP contribution in [0.2, 0.25) is 0 Å². The molecule has 2 unspecified atom stereocenters. The molecule has 3 N–H and O–H groups in total. The number of aliphatic carboxylic acids is 1. The van der Waals surface area contributed by atoms with Crippen LogP contribution in [0.3, 0.4) is 0 Å². The Hall–Kier alpha value is -1.24. The number of ether oxygens (including phenoxy) is 1. The standard InChI is InChI=1S/C16H30O10S2/c1-2-3-4-5-6-7-8-9-10-11-12-26-16(19)14(28(23,24)25)13(15(17)18)27(20,21)22/h13-14H,2-12H2,1H3,(H,17,18)(H,20,21,22)(H,23,24,25). The van der Waals surface area contributed by atoms with Crippen molar-refractivity contribution in [1.82, 2.24) is 0 Å². The van der Waals surface area contributed by atoms with Crippen LogP contribution in [-0.4, -0.2) is 60.1 Å². The molecule has 10 nitrogen and oxygen atoms in total. The van der Waals surface area contributed by atoms with Gasteiger partial charge in [-0.15, -0.1) is 0 Å². The van der Waals surface area contributed by atoms with Gasteiger partial charge in [-0.25, -0.2) is 0 Å². The maximum absolute atomic E-state index is 11.8. The zero-order chi connectivity index (χ0) is 21.8. The first kappa shape index (κ1) is 26.8. The van der Waals surface area contributed by atoms with E-state index in [1.807, 2.05) is 0 Å². The van der Waals surface area contributed by atoms with E-state index in [9.17, 15) is 26.4 Å². The summed E-state index contributed by atoms with van der Waals surface area (Å²) in [7, 11) is -10.9. The number of carboxylic acids is 1. The molecule has 28 heavy (non-hydrogen) atoms. The van der Waals surface area contributed by atoms with Gasteiger partial charge in [0.25, 0.3) is 20.2 Å². The zero-order valence-electron chi connectivity index (χ0n) is 15.9. The van der Waals surface area contributed by atoms with Crippen molar-refractivity contribution < 1.29 is 45.4 Å². The van der Waals surface area contributed by atoms with E-state index in [1.54, 1.807) is 0 Å². The molecule has 0 rings (SSSR count). The highest BCUT2D eigenvalue weighted by Gasteiger charge is 2.51. The fourth-order valence-corrected chi connectivity index (χ4v) is 4.92. The Morgan fingerprint density at radius 2 is 1.14 bits per heavy atom. The topological polar surface area (TPSA) is 172 Å². The van der Waals surface area contributed by atoms with Gasteiger partial charge in [-0.1, -0.05) is 64.7 Å². The number of hydrogen-bond donors (Lipinski definition) is 3. The van der Waals surface area contributed by atoms with Crippen LogP contribution < -0.4 is 0 Å². The van der Waals surface area contributed by atoms with Gasteiger partial charge < -0.3 is 9.84 Å². The molecule has 0 aromatic rings. The van der Waals surface area contributed by atoms with E-state index in [1.165, 1.54) is 25.7 Å². The van der Waals surface area contributed by atoms with Crippen molar-refractivity contribution >= 4 is 32.2 Å². The molecule has 0 fully saturated rings. The van der Waals surface area contributed by atoms with Crippen LogP contribution in [0.1, 0.15) is 71.1 Å².